The van der Waals surface area contributed by atoms with E-state index in [9.17, 15) is 9.59 Å². The number of carbonyl (C=O) groups is 2. The Labute approximate surface area is 238 Å². The molecule has 0 saturated heterocycles. The normalized spacial score (nSPS) is 10.9. The molecule has 1 N–H and O–H groups in total. The monoisotopic (exact) mass is 547 g/mol. The Balaban J connectivity index is 1.85. The number of ether oxygens (including phenoxy) is 3. The van der Waals surface area contributed by atoms with Crippen molar-refractivity contribution in [2.75, 3.05) is 38.3 Å². The lowest BCUT2D eigenvalue weighted by Crippen LogP contribution is -2.14. The Kier molecular flexibility index (Phi) is 23.4. The van der Waals surface area contributed by atoms with Crippen LogP contribution in [0.25, 0.3) is 0 Å². The van der Waals surface area contributed by atoms with Crippen molar-refractivity contribution in [3.8, 4) is 0 Å². The summed E-state index contributed by atoms with van der Waals surface area (Å²) in [6.07, 6.45) is 22.4. The second-order valence-electron chi connectivity index (χ2n) is 10.5. The van der Waals surface area contributed by atoms with Crippen LogP contribution >= 0.6 is 0 Å². The van der Waals surface area contributed by atoms with Gasteiger partial charge in [-0.05, 0) is 37.1 Å². The van der Waals surface area contributed by atoms with E-state index in [4.69, 9.17) is 14.2 Å². The molecular formula is C33H57NO5. The summed E-state index contributed by atoms with van der Waals surface area (Å²) >= 11 is 0. The van der Waals surface area contributed by atoms with Crippen LogP contribution < -0.4 is 5.32 Å². The summed E-state index contributed by atoms with van der Waals surface area (Å²) in [5.41, 5.74) is 1.52. The van der Waals surface area contributed by atoms with E-state index in [1.165, 1.54) is 83.5 Å². The molecule has 0 atom stereocenters. The van der Waals surface area contributed by atoms with Crippen molar-refractivity contribution in [2.24, 2.45) is 0 Å². The first-order valence-electron chi connectivity index (χ1n) is 15.9. The molecule has 0 aliphatic carbocycles. The summed E-state index contributed by atoms with van der Waals surface area (Å²) in [5.74, 6) is -0.527. The second-order valence-corrected chi connectivity index (χ2v) is 10.5. The number of nitrogens with one attached hydrogen (secondary N) is 1. The zero-order valence-electron chi connectivity index (χ0n) is 25.1. The molecule has 6 nitrogen and oxygen atoms in total. The van der Waals surface area contributed by atoms with Crippen LogP contribution in [0.15, 0.2) is 24.3 Å². The van der Waals surface area contributed by atoms with Crippen LogP contribution in [0.3, 0.4) is 0 Å². The standard InChI is InChI=1S/C33H57NO5/c1-3-5-7-8-9-10-11-12-13-14-15-16-17-18-19-20-32(35)38-28-26-37-27-29-39-33(36)30-21-23-31(24-22-30)34-25-6-4-2/h21-24,34H,3-20,25-29H2,1-2H3. The van der Waals surface area contributed by atoms with Gasteiger partial charge in [0.15, 0.2) is 0 Å². The SMILES string of the molecule is CCCCCCCCCCCCCCCCCC(=O)OCCOCCOC(=O)c1ccc(NCCCC)cc1. The topological polar surface area (TPSA) is 73.9 Å². The van der Waals surface area contributed by atoms with Gasteiger partial charge in [-0.15, -0.1) is 0 Å². The molecule has 0 bridgehead atoms. The third-order valence-electron chi connectivity index (χ3n) is 6.92. The van der Waals surface area contributed by atoms with E-state index < -0.39 is 0 Å². The summed E-state index contributed by atoms with van der Waals surface area (Å²) < 4.78 is 15.9. The van der Waals surface area contributed by atoms with Crippen molar-refractivity contribution in [3.05, 3.63) is 29.8 Å². The number of carbonyl (C=O) groups excluding carboxylic acids is 2. The van der Waals surface area contributed by atoms with E-state index in [2.05, 4.69) is 19.2 Å². The van der Waals surface area contributed by atoms with Crippen molar-refractivity contribution in [1.29, 1.82) is 0 Å². The third-order valence-corrected chi connectivity index (χ3v) is 6.92. The second kappa shape index (κ2) is 26.2. The Morgan fingerprint density at radius 2 is 1.08 bits per heavy atom. The molecule has 0 unspecified atom stereocenters. The van der Waals surface area contributed by atoms with E-state index in [1.54, 1.807) is 12.1 Å². The highest BCUT2D eigenvalue weighted by Gasteiger charge is 2.07. The average Bonchev–Trinajstić information content (AvgIpc) is 2.95. The van der Waals surface area contributed by atoms with Crippen LogP contribution in [-0.4, -0.2) is 44.9 Å². The maximum absolute atomic E-state index is 12.1. The maximum Gasteiger partial charge on any atom is 0.338 e. The fourth-order valence-electron chi connectivity index (χ4n) is 4.44. The lowest BCUT2D eigenvalue weighted by atomic mass is 10.0. The van der Waals surface area contributed by atoms with Crippen molar-refractivity contribution < 1.29 is 23.8 Å². The summed E-state index contributed by atoms with van der Waals surface area (Å²) in [7, 11) is 0. The average molecular weight is 548 g/mol. The van der Waals surface area contributed by atoms with Crippen LogP contribution in [0, 0.1) is 0 Å². The summed E-state index contributed by atoms with van der Waals surface area (Å²) in [6.45, 7) is 6.33. The molecule has 1 aromatic carbocycles. The van der Waals surface area contributed by atoms with Gasteiger partial charge in [0, 0.05) is 18.7 Å². The number of anilines is 1. The molecule has 0 fully saturated rings. The Morgan fingerprint density at radius 3 is 1.62 bits per heavy atom. The molecule has 1 rings (SSSR count). The Bertz CT molecular complexity index is 707. The van der Waals surface area contributed by atoms with Crippen LogP contribution in [0.1, 0.15) is 140 Å². The first kappa shape index (κ1) is 34.9. The smallest absolute Gasteiger partial charge is 0.338 e. The molecule has 0 aromatic heterocycles. The van der Waals surface area contributed by atoms with Crippen LogP contribution in [0.5, 0.6) is 0 Å². The van der Waals surface area contributed by atoms with Gasteiger partial charge in [0.1, 0.15) is 13.2 Å². The minimum absolute atomic E-state index is 0.160. The molecule has 0 saturated carbocycles. The van der Waals surface area contributed by atoms with E-state index >= 15 is 0 Å². The van der Waals surface area contributed by atoms with Gasteiger partial charge in [-0.25, -0.2) is 4.79 Å². The molecule has 1 aromatic rings. The first-order valence-corrected chi connectivity index (χ1v) is 15.9. The highest BCUT2D eigenvalue weighted by Crippen LogP contribution is 2.14. The number of esters is 2. The highest BCUT2D eigenvalue weighted by molar-refractivity contribution is 5.89. The van der Waals surface area contributed by atoms with Crippen LogP contribution in [0.2, 0.25) is 0 Å². The zero-order chi connectivity index (χ0) is 28.2. The van der Waals surface area contributed by atoms with Gasteiger partial charge in [-0.1, -0.05) is 110 Å². The van der Waals surface area contributed by atoms with Crippen LogP contribution in [0.4, 0.5) is 5.69 Å². The predicted molar refractivity (Wildman–Crippen MR) is 161 cm³/mol. The number of hydrogen-bond acceptors (Lipinski definition) is 6. The number of hydrogen-bond donors (Lipinski definition) is 1. The van der Waals surface area contributed by atoms with Gasteiger partial charge in [0.2, 0.25) is 0 Å². The van der Waals surface area contributed by atoms with Gasteiger partial charge in [-0.2, -0.15) is 0 Å². The lowest BCUT2D eigenvalue weighted by Gasteiger charge is -2.08. The van der Waals surface area contributed by atoms with E-state index in [0.29, 0.717) is 18.6 Å². The fourth-order valence-corrected chi connectivity index (χ4v) is 4.44. The molecule has 0 amide bonds. The quantitative estimate of drug-likeness (QED) is 0.0876. The predicted octanol–water partition coefficient (Wildman–Crippen LogP) is 8.88. The molecule has 0 heterocycles. The van der Waals surface area contributed by atoms with Crippen molar-refractivity contribution in [2.45, 2.75) is 129 Å². The molecule has 0 spiro atoms. The Hall–Kier alpha value is -2.08. The van der Waals surface area contributed by atoms with E-state index in [1.807, 2.05) is 12.1 Å². The highest BCUT2D eigenvalue weighted by atomic mass is 16.6. The Morgan fingerprint density at radius 1 is 0.590 bits per heavy atom. The van der Waals surface area contributed by atoms with E-state index in [-0.39, 0.29) is 31.8 Å². The lowest BCUT2D eigenvalue weighted by molar-refractivity contribution is -0.145. The van der Waals surface area contributed by atoms with Crippen molar-refractivity contribution in [1.82, 2.24) is 0 Å². The van der Waals surface area contributed by atoms with Crippen LogP contribution in [-0.2, 0) is 19.0 Å². The summed E-state index contributed by atoms with van der Waals surface area (Å²) in [5, 5.41) is 3.32. The molecule has 0 aliphatic rings. The number of rotatable bonds is 27. The van der Waals surface area contributed by atoms with E-state index in [0.717, 1.165) is 37.9 Å². The fraction of sp³-hybridized carbons (Fsp3) is 0.758. The third kappa shape index (κ3) is 21.4. The summed E-state index contributed by atoms with van der Waals surface area (Å²) in [4.78, 5) is 24.0. The van der Waals surface area contributed by atoms with Gasteiger partial charge < -0.3 is 19.5 Å². The van der Waals surface area contributed by atoms with Gasteiger partial charge in [-0.3, -0.25) is 4.79 Å². The van der Waals surface area contributed by atoms with Gasteiger partial charge >= 0.3 is 11.9 Å². The molecular weight excluding hydrogens is 490 g/mol. The molecule has 224 valence electrons. The molecule has 0 radical (unpaired) electrons. The van der Waals surface area contributed by atoms with Crippen molar-refractivity contribution in [3.63, 3.8) is 0 Å². The minimum atomic E-state index is -0.367. The maximum atomic E-state index is 12.1. The zero-order valence-corrected chi connectivity index (χ0v) is 25.1. The summed E-state index contributed by atoms with van der Waals surface area (Å²) in [6, 6.07) is 7.29. The van der Waals surface area contributed by atoms with Crippen molar-refractivity contribution >= 4 is 17.6 Å². The minimum Gasteiger partial charge on any atom is -0.463 e. The molecule has 0 aliphatic heterocycles. The molecule has 39 heavy (non-hydrogen) atoms. The largest absolute Gasteiger partial charge is 0.463 e. The van der Waals surface area contributed by atoms with Gasteiger partial charge in [0.25, 0.3) is 0 Å². The number of benzene rings is 1. The number of unbranched alkanes of at least 4 members (excludes halogenated alkanes) is 15. The molecule has 6 heteroatoms. The van der Waals surface area contributed by atoms with Gasteiger partial charge in [0.05, 0.1) is 18.8 Å². The first-order chi connectivity index (χ1) is 19.2.